The molecule has 0 saturated carbocycles. The molecule has 1 aliphatic rings. The van der Waals surface area contributed by atoms with Crippen LogP contribution in [0.4, 0.5) is 4.79 Å². The zero-order valence-electron chi connectivity index (χ0n) is 16.1. The topological polar surface area (TPSA) is 94.9 Å². The maximum Gasteiger partial charge on any atom is 0.521 e. The van der Waals surface area contributed by atoms with Crippen LogP contribution in [0.15, 0.2) is 30.3 Å². The number of likely N-dealkylation sites (N-methyl/N-ethyl adjacent to an activating group) is 1. The first-order valence-corrected chi connectivity index (χ1v) is 11.2. The van der Waals surface area contributed by atoms with E-state index in [0.29, 0.717) is 19.3 Å². The Bertz CT molecular complexity index is 711. The van der Waals surface area contributed by atoms with E-state index in [4.69, 9.17) is 0 Å². The largest absolute Gasteiger partial charge is 0.521 e. The molecule has 8 heteroatoms. The molecule has 3 atom stereocenters. The van der Waals surface area contributed by atoms with Crippen molar-refractivity contribution in [2.75, 3.05) is 26.3 Å². The molecule has 0 aromatic heterocycles. The molecule has 2 amide bonds. The fourth-order valence-electron chi connectivity index (χ4n) is 3.73. The maximum atomic E-state index is 12.7. The molecule has 0 radical (unpaired) electrons. The fraction of sp³-hybridized carbons (Fsp3) is 0.579. The van der Waals surface area contributed by atoms with Gasteiger partial charge in [-0.15, -0.1) is 0 Å². The Morgan fingerprint density at radius 1 is 1.26 bits per heavy atom. The summed E-state index contributed by atoms with van der Waals surface area (Å²) in [5.41, 5.74) is 1.18. The molecule has 27 heavy (non-hydrogen) atoms. The van der Waals surface area contributed by atoms with Crippen LogP contribution in [-0.4, -0.2) is 63.5 Å². The summed E-state index contributed by atoms with van der Waals surface area (Å²) in [6.45, 7) is 1.67. The van der Waals surface area contributed by atoms with Crippen LogP contribution in [0.1, 0.15) is 38.2 Å². The number of benzene rings is 1. The van der Waals surface area contributed by atoms with Gasteiger partial charge in [-0.25, -0.2) is 9.46 Å². The second-order valence-corrected chi connectivity index (χ2v) is 9.87. The Morgan fingerprint density at radius 3 is 2.48 bits per heavy atom. The van der Waals surface area contributed by atoms with Gasteiger partial charge in [0.25, 0.3) is 7.52 Å². The van der Waals surface area contributed by atoms with Crippen molar-refractivity contribution < 1.29 is 28.6 Å². The number of carbonyl (C=O) groups is 2. The molecule has 2 N–H and O–H groups in total. The predicted octanol–water partition coefficient (Wildman–Crippen LogP) is 3.33. The lowest BCUT2D eigenvalue weighted by Crippen LogP contribution is -2.60. The molecule has 150 valence electrons. The number of amides is 2. The second-order valence-electron chi connectivity index (χ2n) is 7.41. The number of hydrogen-bond acceptors (Lipinski definition) is 3. The van der Waals surface area contributed by atoms with Gasteiger partial charge in [0, 0.05) is 19.0 Å². The lowest BCUT2D eigenvalue weighted by Gasteiger charge is -2.32. The summed E-state index contributed by atoms with van der Waals surface area (Å²) < 4.78 is 13.1. The Hall–Kier alpha value is -1.53. The van der Waals surface area contributed by atoms with Crippen molar-refractivity contribution in [3.8, 4) is 0 Å². The SMILES string of the molecule is C[C@@H]1CCC[N+]1(C(=O)O)C(=O)CN(C)P(=O)(O)CCCCc1ccccc1. The van der Waals surface area contributed by atoms with Crippen molar-refractivity contribution in [2.45, 2.75) is 45.1 Å². The van der Waals surface area contributed by atoms with Crippen LogP contribution < -0.4 is 0 Å². The first-order valence-electron chi connectivity index (χ1n) is 9.42. The number of nitrogens with zero attached hydrogens (tertiary/aromatic N) is 2. The quantitative estimate of drug-likeness (QED) is 0.397. The van der Waals surface area contributed by atoms with Gasteiger partial charge in [-0.3, -0.25) is 4.57 Å². The Balaban J connectivity index is 1.89. The number of aryl methyl sites for hydroxylation is 1. The van der Waals surface area contributed by atoms with E-state index in [2.05, 4.69) is 0 Å². The highest BCUT2D eigenvalue weighted by atomic mass is 31.2. The molecule has 1 aliphatic heterocycles. The van der Waals surface area contributed by atoms with Gasteiger partial charge >= 0.3 is 12.0 Å². The van der Waals surface area contributed by atoms with Crippen molar-refractivity contribution >= 4 is 19.5 Å². The number of unbranched alkanes of at least 4 members (excludes halogenated alkanes) is 1. The standard InChI is InChI=1S/C19H29N2O5P/c1-16-9-8-13-21(16,19(23)24)18(22)15-20(2)27(25,26)14-7-6-12-17-10-4-3-5-11-17/h3-5,10-11,16H,6-9,12-15H2,1-2H3,(H-,23,24,25,26)/p+1/t16-,21?/m1/s1. The van der Waals surface area contributed by atoms with Crippen LogP contribution in [0.25, 0.3) is 0 Å². The third kappa shape index (κ3) is 5.05. The number of hydrogen-bond donors (Lipinski definition) is 2. The Morgan fingerprint density at radius 2 is 1.93 bits per heavy atom. The van der Waals surface area contributed by atoms with E-state index in [0.717, 1.165) is 17.5 Å². The minimum Gasteiger partial charge on any atom is -0.435 e. The molecule has 7 nitrogen and oxygen atoms in total. The highest BCUT2D eigenvalue weighted by molar-refractivity contribution is 7.55. The van der Waals surface area contributed by atoms with E-state index in [9.17, 15) is 24.2 Å². The molecule has 1 fully saturated rings. The minimum atomic E-state index is -3.67. The summed E-state index contributed by atoms with van der Waals surface area (Å²) >= 11 is 0. The van der Waals surface area contributed by atoms with Crippen molar-refractivity contribution in [2.24, 2.45) is 0 Å². The lowest BCUT2D eigenvalue weighted by atomic mass is 10.1. The van der Waals surface area contributed by atoms with Gasteiger partial charge in [0.2, 0.25) is 0 Å². The van der Waals surface area contributed by atoms with Crippen molar-refractivity contribution in [3.63, 3.8) is 0 Å². The zero-order valence-corrected chi connectivity index (χ0v) is 17.0. The number of carbonyl (C=O) groups excluding carboxylic acids is 1. The fourth-order valence-corrected chi connectivity index (χ4v) is 5.05. The van der Waals surface area contributed by atoms with Crippen LogP contribution in [0.5, 0.6) is 0 Å². The normalized spacial score (nSPS) is 24.7. The van der Waals surface area contributed by atoms with Gasteiger partial charge in [0.15, 0.2) is 0 Å². The molecule has 0 bridgehead atoms. The number of quaternary nitrogens is 1. The summed E-state index contributed by atoms with van der Waals surface area (Å²) in [4.78, 5) is 34.8. The van der Waals surface area contributed by atoms with Crippen molar-refractivity contribution in [3.05, 3.63) is 35.9 Å². The van der Waals surface area contributed by atoms with Crippen LogP contribution in [0.2, 0.25) is 0 Å². The molecule has 0 aliphatic carbocycles. The second kappa shape index (κ2) is 9.11. The summed E-state index contributed by atoms with van der Waals surface area (Å²) in [7, 11) is -2.24. The third-order valence-corrected chi connectivity index (χ3v) is 7.68. The van der Waals surface area contributed by atoms with Gasteiger partial charge in [0.05, 0.1) is 6.54 Å². The first kappa shape index (κ1) is 21.8. The van der Waals surface area contributed by atoms with Gasteiger partial charge in [-0.05, 0) is 38.8 Å². The van der Waals surface area contributed by atoms with E-state index in [1.807, 2.05) is 30.3 Å². The Labute approximate surface area is 160 Å². The summed E-state index contributed by atoms with van der Waals surface area (Å²) in [5, 5.41) is 9.60. The van der Waals surface area contributed by atoms with Crippen LogP contribution >= 0.6 is 7.52 Å². The monoisotopic (exact) mass is 397 g/mol. The highest BCUT2D eigenvalue weighted by Crippen LogP contribution is 2.45. The molecule has 1 aromatic rings. The van der Waals surface area contributed by atoms with Gasteiger partial charge in [0.1, 0.15) is 12.6 Å². The van der Waals surface area contributed by atoms with Gasteiger partial charge < -0.3 is 10.00 Å². The molecular formula is C19H30N2O5P+. The Kier molecular flexibility index (Phi) is 7.34. The minimum absolute atomic E-state index is 0.0895. The average molecular weight is 397 g/mol. The molecular weight excluding hydrogens is 367 g/mol. The van der Waals surface area contributed by atoms with Crippen LogP contribution in [-0.2, 0) is 15.8 Å². The summed E-state index contributed by atoms with van der Waals surface area (Å²) in [5.74, 6) is -0.520. The lowest BCUT2D eigenvalue weighted by molar-refractivity contribution is -0.792. The smallest absolute Gasteiger partial charge is 0.435 e. The molecule has 2 rings (SSSR count). The third-order valence-electron chi connectivity index (χ3n) is 5.58. The van der Waals surface area contributed by atoms with Crippen LogP contribution in [0, 0.1) is 0 Å². The molecule has 1 heterocycles. The molecule has 2 unspecified atom stereocenters. The summed E-state index contributed by atoms with van der Waals surface area (Å²) in [6, 6.07) is 9.61. The van der Waals surface area contributed by atoms with Crippen molar-refractivity contribution in [1.82, 2.24) is 4.67 Å². The zero-order chi connectivity index (χ0) is 20.1. The van der Waals surface area contributed by atoms with Gasteiger partial charge in [-0.2, -0.15) is 9.28 Å². The number of imide groups is 1. The van der Waals surface area contributed by atoms with E-state index in [-0.39, 0.29) is 25.3 Å². The number of likely N-dealkylation sites (tertiary alicyclic amines) is 1. The van der Waals surface area contributed by atoms with E-state index in [1.165, 1.54) is 12.6 Å². The molecule has 1 aromatic carbocycles. The van der Waals surface area contributed by atoms with E-state index >= 15 is 0 Å². The van der Waals surface area contributed by atoms with Crippen molar-refractivity contribution in [1.29, 1.82) is 0 Å². The number of carboxylic acid groups (broad SMARTS) is 1. The van der Waals surface area contributed by atoms with E-state index < -0.39 is 24.0 Å². The highest BCUT2D eigenvalue weighted by Gasteiger charge is 2.53. The van der Waals surface area contributed by atoms with Crippen LogP contribution in [0.3, 0.4) is 0 Å². The maximum absolute atomic E-state index is 12.7. The van der Waals surface area contributed by atoms with E-state index in [1.54, 1.807) is 6.92 Å². The number of rotatable bonds is 8. The summed E-state index contributed by atoms with van der Waals surface area (Å²) in [6.07, 6.45) is 2.43. The first-order chi connectivity index (χ1) is 12.7. The predicted molar refractivity (Wildman–Crippen MR) is 104 cm³/mol. The molecule has 1 saturated heterocycles. The molecule has 0 spiro atoms. The van der Waals surface area contributed by atoms with Gasteiger partial charge in [-0.1, -0.05) is 30.3 Å². The average Bonchev–Trinajstić information content (AvgIpc) is 3.02.